The molecule has 0 saturated carbocycles. The van der Waals surface area contributed by atoms with E-state index in [1.807, 2.05) is 54.6 Å². The minimum Gasteiger partial charge on any atom is -0.465 e. The third-order valence-electron chi connectivity index (χ3n) is 5.47. The molecule has 3 rings (SSSR count). The van der Waals surface area contributed by atoms with Gasteiger partial charge in [-0.15, -0.1) is 0 Å². The van der Waals surface area contributed by atoms with Gasteiger partial charge in [0.05, 0.1) is 19.3 Å². The largest absolute Gasteiger partial charge is 0.465 e. The van der Waals surface area contributed by atoms with Gasteiger partial charge in [0, 0.05) is 12.5 Å². The number of benzene rings is 2. The molecular weight excluding hydrogens is 380 g/mol. The lowest BCUT2D eigenvalue weighted by Gasteiger charge is -2.28. The summed E-state index contributed by atoms with van der Waals surface area (Å²) in [5, 5.41) is 0. The van der Waals surface area contributed by atoms with Crippen molar-refractivity contribution in [2.75, 3.05) is 19.8 Å². The summed E-state index contributed by atoms with van der Waals surface area (Å²) in [6.07, 6.45) is 2.47. The Morgan fingerprint density at radius 3 is 2.20 bits per heavy atom. The van der Waals surface area contributed by atoms with Crippen LogP contribution in [0.3, 0.4) is 0 Å². The molecule has 1 aliphatic heterocycles. The van der Waals surface area contributed by atoms with Crippen molar-refractivity contribution in [3.05, 3.63) is 60.2 Å². The first-order valence-electron chi connectivity index (χ1n) is 10.7. The van der Waals surface area contributed by atoms with E-state index in [9.17, 15) is 9.59 Å². The van der Waals surface area contributed by atoms with Crippen LogP contribution >= 0.6 is 0 Å². The molecule has 0 amide bonds. The van der Waals surface area contributed by atoms with E-state index >= 15 is 0 Å². The monoisotopic (exact) mass is 410 g/mol. The van der Waals surface area contributed by atoms with Gasteiger partial charge in [0.25, 0.3) is 0 Å². The first-order chi connectivity index (χ1) is 14.7. The Bertz CT molecular complexity index is 808. The van der Waals surface area contributed by atoms with Crippen molar-refractivity contribution in [1.82, 2.24) is 0 Å². The van der Waals surface area contributed by atoms with Crippen LogP contribution in [0, 0.1) is 5.92 Å². The van der Waals surface area contributed by atoms with Crippen LogP contribution in [0.4, 0.5) is 0 Å². The molecule has 30 heavy (non-hydrogen) atoms. The van der Waals surface area contributed by atoms with Crippen LogP contribution in [0.2, 0.25) is 0 Å². The van der Waals surface area contributed by atoms with E-state index in [4.69, 9.17) is 14.2 Å². The minimum absolute atomic E-state index is 0.00480. The van der Waals surface area contributed by atoms with E-state index in [-0.39, 0.29) is 19.3 Å². The van der Waals surface area contributed by atoms with Crippen molar-refractivity contribution in [2.45, 2.75) is 45.1 Å². The Morgan fingerprint density at radius 1 is 0.967 bits per heavy atom. The first-order valence-corrected chi connectivity index (χ1v) is 10.7. The summed E-state index contributed by atoms with van der Waals surface area (Å²) in [7, 11) is 0. The van der Waals surface area contributed by atoms with Gasteiger partial charge in [-0.05, 0) is 49.8 Å². The van der Waals surface area contributed by atoms with Crippen molar-refractivity contribution in [2.24, 2.45) is 5.92 Å². The highest BCUT2D eigenvalue weighted by molar-refractivity contribution is 5.96. The smallest absolute Gasteiger partial charge is 0.320 e. The van der Waals surface area contributed by atoms with Gasteiger partial charge >= 0.3 is 11.9 Å². The number of hydrogen-bond donors (Lipinski definition) is 0. The number of hydrogen-bond acceptors (Lipinski definition) is 5. The average Bonchev–Trinajstić information content (AvgIpc) is 3.27. The molecule has 2 aromatic carbocycles. The van der Waals surface area contributed by atoms with Gasteiger partial charge in [0.1, 0.15) is 0 Å². The first kappa shape index (κ1) is 22.0. The van der Waals surface area contributed by atoms with E-state index < -0.39 is 23.8 Å². The molecule has 0 aliphatic carbocycles. The lowest BCUT2D eigenvalue weighted by molar-refractivity contribution is -0.163. The molecule has 5 nitrogen and oxygen atoms in total. The summed E-state index contributed by atoms with van der Waals surface area (Å²) in [5.41, 5.74) is 2.97. The van der Waals surface area contributed by atoms with Gasteiger partial charge in [0.15, 0.2) is 5.92 Å². The molecule has 1 aliphatic rings. The van der Waals surface area contributed by atoms with Crippen LogP contribution in [0.1, 0.15) is 44.6 Å². The Hall–Kier alpha value is -2.66. The predicted molar refractivity (Wildman–Crippen MR) is 115 cm³/mol. The van der Waals surface area contributed by atoms with Crippen molar-refractivity contribution < 1.29 is 23.8 Å². The third kappa shape index (κ3) is 5.28. The molecule has 1 saturated heterocycles. The molecule has 0 aromatic heterocycles. The molecule has 1 heterocycles. The highest BCUT2D eigenvalue weighted by Crippen LogP contribution is 2.39. The third-order valence-corrected chi connectivity index (χ3v) is 5.47. The predicted octanol–water partition coefficient (Wildman–Crippen LogP) is 4.75. The topological polar surface area (TPSA) is 61.8 Å². The van der Waals surface area contributed by atoms with Crippen LogP contribution in [0.25, 0.3) is 11.1 Å². The fraction of sp³-hybridized carbons (Fsp3) is 0.440. The standard InChI is InChI=1S/C25H30O5/c1-3-28-24(26)23(25(27)29-4-2)22(17-19-13-10-16-30-19)21-15-9-8-14-20(21)18-11-6-5-7-12-18/h5-9,11-12,14-15,19,22-23H,3-4,10,13,16-17H2,1-2H3. The lowest BCUT2D eigenvalue weighted by Crippen LogP contribution is -2.35. The highest BCUT2D eigenvalue weighted by atomic mass is 16.6. The van der Waals surface area contributed by atoms with E-state index in [0.29, 0.717) is 13.0 Å². The molecule has 0 bridgehead atoms. The molecule has 0 N–H and O–H groups in total. The maximum atomic E-state index is 12.9. The SMILES string of the molecule is CCOC(=O)C(C(=O)OCC)C(CC1CCCO1)c1ccccc1-c1ccccc1. The number of carbonyl (C=O) groups is 2. The summed E-state index contributed by atoms with van der Waals surface area (Å²) >= 11 is 0. The van der Waals surface area contributed by atoms with Crippen LogP contribution < -0.4 is 0 Å². The number of esters is 2. The maximum Gasteiger partial charge on any atom is 0.320 e. The second-order valence-electron chi connectivity index (χ2n) is 7.41. The molecule has 2 aromatic rings. The summed E-state index contributed by atoms with van der Waals surface area (Å²) in [4.78, 5) is 25.9. The van der Waals surface area contributed by atoms with E-state index in [1.54, 1.807) is 13.8 Å². The molecule has 160 valence electrons. The van der Waals surface area contributed by atoms with Gasteiger partial charge in [-0.25, -0.2) is 0 Å². The van der Waals surface area contributed by atoms with E-state index in [1.165, 1.54) is 0 Å². The van der Waals surface area contributed by atoms with Gasteiger partial charge < -0.3 is 14.2 Å². The lowest BCUT2D eigenvalue weighted by atomic mass is 9.78. The molecule has 0 spiro atoms. The Labute approximate surface area is 178 Å². The van der Waals surface area contributed by atoms with Gasteiger partial charge in [-0.3, -0.25) is 9.59 Å². The summed E-state index contributed by atoms with van der Waals surface area (Å²) in [5.74, 6) is -2.51. The van der Waals surface area contributed by atoms with Gasteiger partial charge in [-0.1, -0.05) is 54.6 Å². The maximum absolute atomic E-state index is 12.9. The summed E-state index contributed by atoms with van der Waals surface area (Å²) < 4.78 is 16.5. The molecular formula is C25H30O5. The number of ether oxygens (including phenoxy) is 3. The zero-order valence-electron chi connectivity index (χ0n) is 17.7. The van der Waals surface area contributed by atoms with Gasteiger partial charge in [0.2, 0.25) is 0 Å². The molecule has 2 unspecified atom stereocenters. The van der Waals surface area contributed by atoms with Crippen LogP contribution in [0.5, 0.6) is 0 Å². The van der Waals surface area contributed by atoms with Crippen LogP contribution in [0.15, 0.2) is 54.6 Å². The number of carbonyl (C=O) groups excluding carboxylic acids is 2. The molecule has 0 radical (unpaired) electrons. The minimum atomic E-state index is -1.03. The fourth-order valence-electron chi connectivity index (χ4n) is 4.15. The second-order valence-corrected chi connectivity index (χ2v) is 7.41. The zero-order chi connectivity index (χ0) is 21.3. The quantitative estimate of drug-likeness (QED) is 0.441. The van der Waals surface area contributed by atoms with Crippen LogP contribution in [-0.2, 0) is 23.8 Å². The number of rotatable bonds is 9. The molecule has 1 fully saturated rings. The Balaban J connectivity index is 2.07. The molecule has 5 heteroatoms. The average molecular weight is 411 g/mol. The van der Waals surface area contributed by atoms with Crippen LogP contribution in [-0.4, -0.2) is 37.9 Å². The Kier molecular flexibility index (Phi) is 8.03. The molecule has 2 atom stereocenters. The normalized spacial score (nSPS) is 17.0. The second kappa shape index (κ2) is 10.9. The van der Waals surface area contributed by atoms with Crippen molar-refractivity contribution in [3.63, 3.8) is 0 Å². The Morgan fingerprint density at radius 2 is 1.60 bits per heavy atom. The van der Waals surface area contributed by atoms with Crippen molar-refractivity contribution in [1.29, 1.82) is 0 Å². The zero-order valence-corrected chi connectivity index (χ0v) is 17.7. The van der Waals surface area contributed by atoms with E-state index in [2.05, 4.69) is 0 Å². The summed E-state index contributed by atoms with van der Waals surface area (Å²) in [6.45, 7) is 4.62. The fourth-order valence-corrected chi connectivity index (χ4v) is 4.15. The van der Waals surface area contributed by atoms with Crippen molar-refractivity contribution in [3.8, 4) is 11.1 Å². The summed E-state index contributed by atoms with van der Waals surface area (Å²) in [6, 6.07) is 17.9. The van der Waals surface area contributed by atoms with E-state index in [0.717, 1.165) is 29.5 Å². The van der Waals surface area contributed by atoms with Gasteiger partial charge in [-0.2, -0.15) is 0 Å². The highest BCUT2D eigenvalue weighted by Gasteiger charge is 2.41. The van der Waals surface area contributed by atoms with Crippen molar-refractivity contribution >= 4 is 11.9 Å².